The van der Waals surface area contributed by atoms with Crippen LogP contribution >= 0.6 is 11.6 Å². The molecule has 0 radical (unpaired) electrons. The maximum Gasteiger partial charge on any atom is 0.0615 e. The van der Waals surface area contributed by atoms with Gasteiger partial charge in [-0.15, -0.1) is 0 Å². The molecule has 0 unspecified atom stereocenters. The Bertz CT molecular complexity index is 497. The van der Waals surface area contributed by atoms with Crippen LogP contribution in [0.15, 0.2) is 48.5 Å². The van der Waals surface area contributed by atoms with E-state index in [0.717, 1.165) is 17.9 Å². The summed E-state index contributed by atoms with van der Waals surface area (Å²) in [5, 5.41) is 0.703. The van der Waals surface area contributed by atoms with Gasteiger partial charge in [-0.1, -0.05) is 41.9 Å². The van der Waals surface area contributed by atoms with Gasteiger partial charge in [0.2, 0.25) is 0 Å². The number of rotatable bonds is 3. The molecule has 0 atom stereocenters. The topological polar surface area (TPSA) is 29.3 Å². The average molecular weight is 247 g/mol. The van der Waals surface area contributed by atoms with E-state index in [0.29, 0.717) is 5.02 Å². The SMILES string of the molecule is CN(Cc1ccccc1)c1cc(Cl)ccc1N. The Morgan fingerprint density at radius 3 is 2.53 bits per heavy atom. The van der Waals surface area contributed by atoms with E-state index in [9.17, 15) is 0 Å². The van der Waals surface area contributed by atoms with Gasteiger partial charge in [-0.2, -0.15) is 0 Å². The zero-order valence-electron chi connectivity index (χ0n) is 9.73. The van der Waals surface area contributed by atoms with E-state index in [2.05, 4.69) is 17.0 Å². The third-order valence-electron chi connectivity index (χ3n) is 2.67. The summed E-state index contributed by atoms with van der Waals surface area (Å²) in [5.74, 6) is 0. The molecule has 0 amide bonds. The fraction of sp³-hybridized carbons (Fsp3) is 0.143. The molecule has 2 aromatic carbocycles. The highest BCUT2D eigenvalue weighted by Gasteiger charge is 2.06. The number of nitrogens with zero attached hydrogens (tertiary/aromatic N) is 1. The Morgan fingerprint density at radius 2 is 1.82 bits per heavy atom. The Morgan fingerprint density at radius 1 is 1.12 bits per heavy atom. The monoisotopic (exact) mass is 246 g/mol. The molecule has 0 spiro atoms. The molecule has 2 N–H and O–H groups in total. The Hall–Kier alpha value is -1.67. The van der Waals surface area contributed by atoms with Crippen LogP contribution < -0.4 is 10.6 Å². The van der Waals surface area contributed by atoms with Crippen molar-refractivity contribution in [2.24, 2.45) is 0 Å². The average Bonchev–Trinajstić information content (AvgIpc) is 2.33. The summed E-state index contributed by atoms with van der Waals surface area (Å²) < 4.78 is 0. The second-order valence-electron chi connectivity index (χ2n) is 4.04. The second-order valence-corrected chi connectivity index (χ2v) is 4.48. The first kappa shape index (κ1) is 11.8. The molecule has 0 saturated heterocycles. The molecule has 0 aliphatic heterocycles. The largest absolute Gasteiger partial charge is 0.397 e. The van der Waals surface area contributed by atoms with Gasteiger partial charge >= 0.3 is 0 Å². The molecule has 2 nitrogen and oxygen atoms in total. The number of nitrogen functional groups attached to an aromatic ring is 1. The van der Waals surface area contributed by atoms with Crippen LogP contribution in [0, 0.1) is 0 Å². The van der Waals surface area contributed by atoms with Crippen LogP contribution in [0.5, 0.6) is 0 Å². The molecule has 88 valence electrons. The maximum absolute atomic E-state index is 5.98. The van der Waals surface area contributed by atoms with E-state index >= 15 is 0 Å². The van der Waals surface area contributed by atoms with Crippen molar-refractivity contribution in [3.8, 4) is 0 Å². The summed E-state index contributed by atoms with van der Waals surface area (Å²) >= 11 is 5.98. The smallest absolute Gasteiger partial charge is 0.0615 e. The van der Waals surface area contributed by atoms with Crippen LogP contribution in [0.1, 0.15) is 5.56 Å². The van der Waals surface area contributed by atoms with Gasteiger partial charge in [-0.05, 0) is 23.8 Å². The summed E-state index contributed by atoms with van der Waals surface area (Å²) in [6, 6.07) is 15.8. The number of benzene rings is 2. The summed E-state index contributed by atoms with van der Waals surface area (Å²) in [6.07, 6.45) is 0. The van der Waals surface area contributed by atoms with E-state index in [1.165, 1.54) is 5.56 Å². The number of anilines is 2. The van der Waals surface area contributed by atoms with Crippen molar-refractivity contribution in [3.63, 3.8) is 0 Å². The Balaban J connectivity index is 2.20. The first-order chi connectivity index (χ1) is 8.16. The summed E-state index contributed by atoms with van der Waals surface area (Å²) in [6.45, 7) is 0.811. The molecular formula is C14H15ClN2. The van der Waals surface area contributed by atoms with Gasteiger partial charge in [0.1, 0.15) is 0 Å². The van der Waals surface area contributed by atoms with Gasteiger partial charge in [0.15, 0.2) is 0 Å². The fourth-order valence-electron chi connectivity index (χ4n) is 1.79. The van der Waals surface area contributed by atoms with Gasteiger partial charge in [0, 0.05) is 18.6 Å². The van der Waals surface area contributed by atoms with Crippen molar-refractivity contribution in [2.45, 2.75) is 6.54 Å². The fourth-order valence-corrected chi connectivity index (χ4v) is 1.96. The van der Waals surface area contributed by atoms with E-state index in [1.807, 2.05) is 37.4 Å². The van der Waals surface area contributed by atoms with E-state index in [4.69, 9.17) is 17.3 Å². The van der Waals surface area contributed by atoms with Gasteiger partial charge < -0.3 is 10.6 Å². The lowest BCUT2D eigenvalue weighted by Gasteiger charge is -2.21. The molecule has 0 saturated carbocycles. The first-order valence-electron chi connectivity index (χ1n) is 5.47. The van der Waals surface area contributed by atoms with E-state index in [1.54, 1.807) is 6.07 Å². The normalized spacial score (nSPS) is 10.2. The van der Waals surface area contributed by atoms with Crippen molar-refractivity contribution < 1.29 is 0 Å². The minimum atomic E-state index is 0.703. The molecule has 0 aromatic heterocycles. The van der Waals surface area contributed by atoms with Gasteiger partial charge in [-0.25, -0.2) is 0 Å². The molecule has 2 rings (SSSR count). The van der Waals surface area contributed by atoms with Gasteiger partial charge in [-0.3, -0.25) is 0 Å². The van der Waals surface area contributed by atoms with E-state index < -0.39 is 0 Å². The van der Waals surface area contributed by atoms with Crippen LogP contribution in [0.25, 0.3) is 0 Å². The molecule has 0 aliphatic rings. The van der Waals surface area contributed by atoms with Crippen LogP contribution in [0.3, 0.4) is 0 Å². The van der Waals surface area contributed by atoms with E-state index in [-0.39, 0.29) is 0 Å². The predicted octanol–water partition coefficient (Wildman–Crippen LogP) is 3.56. The highest BCUT2D eigenvalue weighted by Crippen LogP contribution is 2.26. The van der Waals surface area contributed by atoms with Crippen molar-refractivity contribution >= 4 is 23.0 Å². The summed E-state index contributed by atoms with van der Waals surface area (Å²) in [5.41, 5.74) is 8.89. The molecule has 0 fully saturated rings. The maximum atomic E-state index is 5.98. The molecule has 2 aromatic rings. The van der Waals surface area contributed by atoms with Crippen LogP contribution in [-0.4, -0.2) is 7.05 Å². The zero-order chi connectivity index (χ0) is 12.3. The minimum absolute atomic E-state index is 0.703. The number of nitrogens with two attached hydrogens (primary N) is 1. The first-order valence-corrected chi connectivity index (χ1v) is 5.84. The highest BCUT2D eigenvalue weighted by molar-refractivity contribution is 6.31. The predicted molar refractivity (Wildman–Crippen MR) is 74.4 cm³/mol. The van der Waals surface area contributed by atoms with Crippen molar-refractivity contribution in [2.75, 3.05) is 17.7 Å². The van der Waals surface area contributed by atoms with Crippen molar-refractivity contribution in [3.05, 3.63) is 59.1 Å². The highest BCUT2D eigenvalue weighted by atomic mass is 35.5. The van der Waals surface area contributed by atoms with Crippen molar-refractivity contribution in [1.82, 2.24) is 0 Å². The lowest BCUT2D eigenvalue weighted by atomic mass is 10.2. The lowest BCUT2D eigenvalue weighted by Crippen LogP contribution is -2.17. The third kappa shape index (κ3) is 2.92. The molecule has 17 heavy (non-hydrogen) atoms. The Labute approximate surface area is 107 Å². The zero-order valence-corrected chi connectivity index (χ0v) is 10.5. The standard InChI is InChI=1S/C14H15ClN2/c1-17(10-11-5-3-2-4-6-11)14-9-12(15)7-8-13(14)16/h2-9H,10,16H2,1H3. The summed E-state index contributed by atoms with van der Waals surface area (Å²) in [7, 11) is 2.01. The minimum Gasteiger partial charge on any atom is -0.397 e. The molecule has 0 heterocycles. The third-order valence-corrected chi connectivity index (χ3v) is 2.90. The number of hydrogen-bond acceptors (Lipinski definition) is 2. The summed E-state index contributed by atoms with van der Waals surface area (Å²) in [4.78, 5) is 2.09. The molecule has 3 heteroatoms. The molecular weight excluding hydrogens is 232 g/mol. The quantitative estimate of drug-likeness (QED) is 0.840. The van der Waals surface area contributed by atoms with Crippen LogP contribution in [0.2, 0.25) is 5.02 Å². The van der Waals surface area contributed by atoms with Crippen LogP contribution in [-0.2, 0) is 6.54 Å². The van der Waals surface area contributed by atoms with Crippen molar-refractivity contribution in [1.29, 1.82) is 0 Å². The molecule has 0 bridgehead atoms. The lowest BCUT2D eigenvalue weighted by molar-refractivity contribution is 0.925. The van der Waals surface area contributed by atoms with Crippen LogP contribution in [0.4, 0.5) is 11.4 Å². The van der Waals surface area contributed by atoms with Gasteiger partial charge in [0.25, 0.3) is 0 Å². The molecule has 0 aliphatic carbocycles. The Kier molecular flexibility index (Phi) is 3.55. The second kappa shape index (κ2) is 5.11. The van der Waals surface area contributed by atoms with Gasteiger partial charge in [0.05, 0.1) is 11.4 Å². The number of hydrogen-bond donors (Lipinski definition) is 1. The number of halogens is 1.